The van der Waals surface area contributed by atoms with Crippen molar-refractivity contribution in [2.45, 2.75) is 69.9 Å². The smallest absolute Gasteiger partial charge is 0.191 e. The number of nitrogens with zero attached hydrogens (tertiary/aromatic N) is 2. The summed E-state index contributed by atoms with van der Waals surface area (Å²) >= 11 is 0. The lowest BCUT2D eigenvalue weighted by Gasteiger charge is -2.26. The van der Waals surface area contributed by atoms with Crippen molar-refractivity contribution in [2.75, 3.05) is 20.1 Å². The summed E-state index contributed by atoms with van der Waals surface area (Å²) in [5, 5.41) is 6.99. The molecule has 5 nitrogen and oxygen atoms in total. The van der Waals surface area contributed by atoms with Gasteiger partial charge in [-0.2, -0.15) is 0 Å². The SMILES string of the molecule is CN=C(NCc1ccc(CN2CCCCC2)cc1)NC1CC2CCC1O2. The molecular weight excluding hydrogens is 324 g/mol. The van der Waals surface area contributed by atoms with E-state index in [0.29, 0.717) is 18.2 Å². The Bertz CT molecular complexity index is 609. The molecular formula is C21H32N4O. The predicted molar refractivity (Wildman–Crippen MR) is 105 cm³/mol. The lowest BCUT2D eigenvalue weighted by Crippen LogP contribution is -2.47. The van der Waals surface area contributed by atoms with Crippen LogP contribution in [0.1, 0.15) is 49.7 Å². The summed E-state index contributed by atoms with van der Waals surface area (Å²) in [7, 11) is 1.84. The summed E-state index contributed by atoms with van der Waals surface area (Å²) in [6, 6.07) is 9.42. The molecule has 0 saturated carbocycles. The van der Waals surface area contributed by atoms with Gasteiger partial charge in [-0.3, -0.25) is 9.89 Å². The second-order valence-electron chi connectivity index (χ2n) is 7.94. The Labute approximate surface area is 157 Å². The quantitative estimate of drug-likeness (QED) is 0.629. The maximum Gasteiger partial charge on any atom is 0.191 e. The number of piperidine rings is 1. The number of guanidine groups is 1. The van der Waals surface area contributed by atoms with E-state index in [1.807, 2.05) is 7.05 Å². The molecule has 26 heavy (non-hydrogen) atoms. The highest BCUT2D eigenvalue weighted by molar-refractivity contribution is 5.80. The average molecular weight is 357 g/mol. The van der Waals surface area contributed by atoms with Gasteiger partial charge in [0.2, 0.25) is 0 Å². The van der Waals surface area contributed by atoms with E-state index in [2.05, 4.69) is 44.8 Å². The maximum atomic E-state index is 5.92. The van der Waals surface area contributed by atoms with Crippen molar-refractivity contribution < 1.29 is 4.74 Å². The Kier molecular flexibility index (Phi) is 5.75. The van der Waals surface area contributed by atoms with E-state index in [1.54, 1.807) is 0 Å². The van der Waals surface area contributed by atoms with Crippen LogP contribution in [-0.2, 0) is 17.8 Å². The number of aliphatic imine (C=N–C) groups is 1. The second kappa shape index (κ2) is 8.40. The standard InChI is InChI=1S/C21H32N4O/c1-22-21(24-19-13-18-9-10-20(19)26-18)23-14-16-5-7-17(8-6-16)15-25-11-3-2-4-12-25/h5-8,18-20H,2-4,9-15H2,1H3,(H2,22,23,24). The lowest BCUT2D eigenvalue weighted by molar-refractivity contribution is 0.0992. The molecule has 0 amide bonds. The Morgan fingerprint density at radius 1 is 1.12 bits per heavy atom. The van der Waals surface area contributed by atoms with Crippen LogP contribution in [0.2, 0.25) is 0 Å². The predicted octanol–water partition coefficient (Wildman–Crippen LogP) is 2.66. The number of fused-ring (bicyclic) bond motifs is 2. The Balaban J connectivity index is 1.24. The molecule has 0 aliphatic carbocycles. The van der Waals surface area contributed by atoms with E-state index in [1.165, 1.54) is 56.3 Å². The van der Waals surface area contributed by atoms with Crippen LogP contribution in [-0.4, -0.2) is 49.2 Å². The minimum Gasteiger partial charge on any atom is -0.373 e. The summed E-state index contributed by atoms with van der Waals surface area (Å²) in [5.41, 5.74) is 2.71. The fourth-order valence-electron chi connectivity index (χ4n) is 4.48. The molecule has 3 saturated heterocycles. The second-order valence-corrected chi connectivity index (χ2v) is 7.94. The van der Waals surface area contributed by atoms with Gasteiger partial charge in [0.15, 0.2) is 5.96 Å². The van der Waals surface area contributed by atoms with Crippen molar-refractivity contribution in [3.63, 3.8) is 0 Å². The molecule has 1 aromatic rings. The molecule has 5 heteroatoms. The molecule has 2 N–H and O–H groups in total. The maximum absolute atomic E-state index is 5.92. The molecule has 3 atom stereocenters. The zero-order chi connectivity index (χ0) is 17.8. The van der Waals surface area contributed by atoms with Crippen LogP contribution < -0.4 is 10.6 Å². The molecule has 3 aliphatic heterocycles. The minimum absolute atomic E-state index is 0.368. The van der Waals surface area contributed by atoms with Gasteiger partial charge < -0.3 is 15.4 Å². The summed E-state index contributed by atoms with van der Waals surface area (Å²) < 4.78 is 5.92. The van der Waals surface area contributed by atoms with Gasteiger partial charge in [0, 0.05) is 20.1 Å². The van der Waals surface area contributed by atoms with Crippen LogP contribution >= 0.6 is 0 Å². The average Bonchev–Trinajstić information content (AvgIpc) is 3.30. The summed E-state index contributed by atoms with van der Waals surface area (Å²) in [6.07, 6.45) is 8.43. The monoisotopic (exact) mass is 356 g/mol. The molecule has 0 aromatic heterocycles. The lowest BCUT2D eigenvalue weighted by atomic mass is 9.96. The van der Waals surface area contributed by atoms with E-state index in [0.717, 1.165) is 25.5 Å². The van der Waals surface area contributed by atoms with E-state index in [-0.39, 0.29) is 0 Å². The molecule has 3 unspecified atom stereocenters. The zero-order valence-corrected chi connectivity index (χ0v) is 15.9. The highest BCUT2D eigenvalue weighted by Gasteiger charge is 2.41. The van der Waals surface area contributed by atoms with Crippen molar-refractivity contribution in [1.82, 2.24) is 15.5 Å². The number of hydrogen-bond donors (Lipinski definition) is 2. The number of likely N-dealkylation sites (tertiary alicyclic amines) is 1. The number of ether oxygens (including phenoxy) is 1. The molecule has 3 aliphatic rings. The minimum atomic E-state index is 0.368. The van der Waals surface area contributed by atoms with E-state index in [9.17, 15) is 0 Å². The van der Waals surface area contributed by atoms with Crippen molar-refractivity contribution in [3.05, 3.63) is 35.4 Å². The van der Waals surface area contributed by atoms with Crippen molar-refractivity contribution >= 4 is 5.96 Å². The Morgan fingerprint density at radius 2 is 1.88 bits per heavy atom. The Hall–Kier alpha value is -1.59. The van der Waals surface area contributed by atoms with Crippen molar-refractivity contribution in [1.29, 1.82) is 0 Å². The molecule has 1 aromatic carbocycles. The molecule has 2 bridgehead atoms. The van der Waals surface area contributed by atoms with Crippen LogP contribution in [0, 0.1) is 0 Å². The summed E-state index contributed by atoms with van der Waals surface area (Å²) in [6.45, 7) is 4.38. The third-order valence-corrected chi connectivity index (χ3v) is 5.99. The topological polar surface area (TPSA) is 48.9 Å². The Morgan fingerprint density at radius 3 is 2.54 bits per heavy atom. The first-order valence-corrected chi connectivity index (χ1v) is 10.2. The van der Waals surface area contributed by atoms with Gasteiger partial charge in [-0.25, -0.2) is 0 Å². The van der Waals surface area contributed by atoms with Gasteiger partial charge in [0.05, 0.1) is 18.2 Å². The molecule has 0 spiro atoms. The van der Waals surface area contributed by atoms with Gasteiger partial charge in [0.1, 0.15) is 0 Å². The molecule has 4 rings (SSSR count). The van der Waals surface area contributed by atoms with Gasteiger partial charge in [0.25, 0.3) is 0 Å². The van der Waals surface area contributed by atoms with Crippen LogP contribution in [0.5, 0.6) is 0 Å². The first-order valence-electron chi connectivity index (χ1n) is 10.2. The summed E-state index contributed by atoms with van der Waals surface area (Å²) in [4.78, 5) is 6.95. The zero-order valence-electron chi connectivity index (χ0n) is 15.9. The van der Waals surface area contributed by atoms with Crippen molar-refractivity contribution in [2.24, 2.45) is 4.99 Å². The van der Waals surface area contributed by atoms with Gasteiger partial charge in [-0.05, 0) is 56.3 Å². The molecule has 3 fully saturated rings. The van der Waals surface area contributed by atoms with Crippen molar-refractivity contribution in [3.8, 4) is 0 Å². The van der Waals surface area contributed by atoms with E-state index < -0.39 is 0 Å². The van der Waals surface area contributed by atoms with Gasteiger partial charge >= 0.3 is 0 Å². The van der Waals surface area contributed by atoms with Gasteiger partial charge in [-0.15, -0.1) is 0 Å². The number of nitrogens with one attached hydrogen (secondary N) is 2. The third-order valence-electron chi connectivity index (χ3n) is 5.99. The van der Waals surface area contributed by atoms with Crippen LogP contribution in [0.4, 0.5) is 0 Å². The van der Waals surface area contributed by atoms with Crippen LogP contribution in [0.15, 0.2) is 29.3 Å². The fraction of sp³-hybridized carbons (Fsp3) is 0.667. The molecule has 142 valence electrons. The number of hydrogen-bond acceptors (Lipinski definition) is 3. The molecule has 3 heterocycles. The molecule has 0 radical (unpaired) electrons. The number of rotatable bonds is 5. The largest absolute Gasteiger partial charge is 0.373 e. The van der Waals surface area contributed by atoms with Gasteiger partial charge in [-0.1, -0.05) is 30.7 Å². The van der Waals surface area contributed by atoms with Crippen LogP contribution in [0.3, 0.4) is 0 Å². The highest BCUT2D eigenvalue weighted by Crippen LogP contribution is 2.34. The first kappa shape index (κ1) is 17.8. The third kappa shape index (κ3) is 4.38. The first-order chi connectivity index (χ1) is 12.8. The highest BCUT2D eigenvalue weighted by atomic mass is 16.5. The number of benzene rings is 1. The van der Waals surface area contributed by atoms with E-state index in [4.69, 9.17) is 4.74 Å². The normalized spacial score (nSPS) is 29.1. The fourth-order valence-corrected chi connectivity index (χ4v) is 4.48. The summed E-state index contributed by atoms with van der Waals surface area (Å²) in [5.74, 6) is 0.878. The van der Waals surface area contributed by atoms with E-state index >= 15 is 0 Å². The van der Waals surface area contributed by atoms with Crippen LogP contribution in [0.25, 0.3) is 0 Å².